The highest BCUT2D eigenvalue weighted by Crippen LogP contribution is 2.05. The molecule has 0 heterocycles. The van der Waals surface area contributed by atoms with Crippen molar-refractivity contribution in [2.45, 2.75) is 51.9 Å². The van der Waals surface area contributed by atoms with Crippen LogP contribution in [0.4, 0.5) is 0 Å². The van der Waals surface area contributed by atoms with E-state index < -0.39 is 0 Å². The molecule has 0 radical (unpaired) electrons. The predicted octanol–water partition coefficient (Wildman–Crippen LogP) is 4.06. The third kappa shape index (κ3) is 14.3. The summed E-state index contributed by atoms with van der Waals surface area (Å²) < 4.78 is 0. The van der Waals surface area contributed by atoms with E-state index in [1.165, 1.54) is 44.3 Å². The topological polar surface area (TPSA) is 17.1 Å². The van der Waals surface area contributed by atoms with Crippen LogP contribution in [0.25, 0.3) is 0 Å². The lowest BCUT2D eigenvalue weighted by Gasteiger charge is -1.95. The van der Waals surface area contributed by atoms with Crippen molar-refractivity contribution in [2.75, 3.05) is 0 Å². The Labute approximate surface area is 111 Å². The summed E-state index contributed by atoms with van der Waals surface area (Å²) in [4.78, 5) is 9.92. The van der Waals surface area contributed by atoms with Gasteiger partial charge in [-0.3, -0.25) is 4.79 Å². The predicted molar refractivity (Wildman–Crippen MR) is 77.9 cm³/mol. The Morgan fingerprint density at radius 2 is 1.83 bits per heavy atom. The summed E-state index contributed by atoms with van der Waals surface area (Å²) in [6.45, 7) is 2.23. The van der Waals surface area contributed by atoms with E-state index in [4.69, 9.17) is 0 Å². The Kier molecular flexibility index (Phi) is 13.8. The lowest BCUT2D eigenvalue weighted by molar-refractivity contribution is -0.104. The van der Waals surface area contributed by atoms with E-state index in [2.05, 4.69) is 42.8 Å². The van der Waals surface area contributed by atoms with Crippen LogP contribution in [0.15, 0.2) is 24.3 Å². The first-order valence-electron chi connectivity index (χ1n) is 6.65. The van der Waals surface area contributed by atoms with E-state index in [0.29, 0.717) is 6.29 Å². The summed E-state index contributed by atoms with van der Waals surface area (Å²) in [5, 5.41) is 0. The second-order valence-corrected chi connectivity index (χ2v) is 3.94. The molecule has 0 bridgehead atoms. The minimum atomic E-state index is 0.700. The Hall–Kier alpha value is -1.73. The average molecular weight is 242 g/mol. The maximum atomic E-state index is 9.92. The molecular formula is C17H22O. The van der Waals surface area contributed by atoms with Gasteiger partial charge in [0.2, 0.25) is 0 Å². The minimum Gasteiger partial charge on any atom is -0.299 e. The normalized spacial score (nSPS) is 9.83. The standard InChI is InChI=1S/C17H22O/c1-2-3-4-5-6-7-8-9-10-11-12-13-14-15-16-17-18/h8-9,15-17H,2-7,10H2,1H3/b9-8+,16-15+. The first kappa shape index (κ1) is 16.3. The third-order valence-electron chi connectivity index (χ3n) is 2.34. The van der Waals surface area contributed by atoms with E-state index in [-0.39, 0.29) is 0 Å². The third-order valence-corrected chi connectivity index (χ3v) is 2.34. The summed E-state index contributed by atoms with van der Waals surface area (Å²) in [5.41, 5.74) is 0. The zero-order chi connectivity index (χ0) is 13.3. The quantitative estimate of drug-likeness (QED) is 0.206. The molecular weight excluding hydrogens is 220 g/mol. The van der Waals surface area contributed by atoms with Crippen molar-refractivity contribution in [2.24, 2.45) is 0 Å². The number of hydrogen-bond donors (Lipinski definition) is 0. The summed E-state index contributed by atoms with van der Waals surface area (Å²) in [7, 11) is 0. The van der Waals surface area contributed by atoms with Crippen LogP contribution >= 0.6 is 0 Å². The highest BCUT2D eigenvalue weighted by molar-refractivity contribution is 5.65. The number of unbranched alkanes of at least 4 members (excludes halogenated alkanes) is 5. The average Bonchev–Trinajstić information content (AvgIpc) is 2.39. The van der Waals surface area contributed by atoms with Gasteiger partial charge >= 0.3 is 0 Å². The maximum absolute atomic E-state index is 9.92. The van der Waals surface area contributed by atoms with Crippen LogP contribution in [0.5, 0.6) is 0 Å². The number of carbonyl (C=O) groups is 1. The van der Waals surface area contributed by atoms with Gasteiger partial charge in [0.05, 0.1) is 0 Å². The minimum absolute atomic E-state index is 0.700. The molecule has 0 aromatic heterocycles. The van der Waals surface area contributed by atoms with E-state index in [0.717, 1.165) is 12.8 Å². The fourth-order valence-corrected chi connectivity index (χ4v) is 1.39. The molecule has 0 unspecified atom stereocenters. The molecule has 96 valence electrons. The van der Waals surface area contributed by atoms with Crippen molar-refractivity contribution in [3.8, 4) is 23.7 Å². The molecule has 1 heteroatoms. The summed E-state index contributed by atoms with van der Waals surface area (Å²) in [6.07, 6.45) is 16.4. The molecule has 0 fully saturated rings. The monoisotopic (exact) mass is 242 g/mol. The Balaban J connectivity index is 3.47. The molecule has 0 atom stereocenters. The maximum Gasteiger partial charge on any atom is 0.143 e. The Bertz CT molecular complexity index is 366. The second-order valence-electron chi connectivity index (χ2n) is 3.94. The van der Waals surface area contributed by atoms with Crippen LogP contribution in [0.2, 0.25) is 0 Å². The van der Waals surface area contributed by atoms with Gasteiger partial charge in [-0.15, -0.1) is 0 Å². The van der Waals surface area contributed by atoms with Crippen LogP contribution in [0.3, 0.4) is 0 Å². The highest BCUT2D eigenvalue weighted by Gasteiger charge is 1.85. The van der Waals surface area contributed by atoms with Crippen LogP contribution in [0, 0.1) is 23.7 Å². The van der Waals surface area contributed by atoms with E-state index in [9.17, 15) is 4.79 Å². The van der Waals surface area contributed by atoms with Crippen molar-refractivity contribution < 1.29 is 4.79 Å². The summed E-state index contributed by atoms with van der Waals surface area (Å²) in [6, 6.07) is 0. The molecule has 0 saturated heterocycles. The Morgan fingerprint density at radius 3 is 2.61 bits per heavy atom. The van der Waals surface area contributed by atoms with Gasteiger partial charge in [0.25, 0.3) is 0 Å². The van der Waals surface area contributed by atoms with Crippen LogP contribution in [-0.2, 0) is 4.79 Å². The van der Waals surface area contributed by atoms with E-state index >= 15 is 0 Å². The molecule has 0 aliphatic carbocycles. The molecule has 0 aromatic carbocycles. The van der Waals surface area contributed by atoms with E-state index in [1.807, 2.05) is 0 Å². The lowest BCUT2D eigenvalue weighted by atomic mass is 10.1. The van der Waals surface area contributed by atoms with E-state index in [1.54, 1.807) is 0 Å². The fourth-order valence-electron chi connectivity index (χ4n) is 1.39. The molecule has 0 aromatic rings. The van der Waals surface area contributed by atoms with Crippen molar-refractivity contribution in [1.29, 1.82) is 0 Å². The lowest BCUT2D eigenvalue weighted by Crippen LogP contribution is -1.75. The smallest absolute Gasteiger partial charge is 0.143 e. The van der Waals surface area contributed by atoms with Crippen LogP contribution in [0.1, 0.15) is 51.9 Å². The van der Waals surface area contributed by atoms with Gasteiger partial charge < -0.3 is 0 Å². The van der Waals surface area contributed by atoms with Gasteiger partial charge in [-0.1, -0.05) is 56.6 Å². The molecule has 0 N–H and O–H groups in total. The Morgan fingerprint density at radius 1 is 1.00 bits per heavy atom. The van der Waals surface area contributed by atoms with Gasteiger partial charge in [-0.05, 0) is 36.8 Å². The molecule has 0 saturated carbocycles. The summed E-state index contributed by atoms with van der Waals surface area (Å²) >= 11 is 0. The van der Waals surface area contributed by atoms with Gasteiger partial charge in [0, 0.05) is 6.42 Å². The number of aldehydes is 1. The zero-order valence-electron chi connectivity index (χ0n) is 11.2. The number of rotatable bonds is 8. The molecule has 0 rings (SSSR count). The molecule has 18 heavy (non-hydrogen) atoms. The summed E-state index contributed by atoms with van der Waals surface area (Å²) in [5.74, 6) is 11.0. The first-order chi connectivity index (χ1) is 8.91. The fraction of sp³-hybridized carbons (Fsp3) is 0.471. The zero-order valence-corrected chi connectivity index (χ0v) is 11.2. The van der Waals surface area contributed by atoms with Crippen molar-refractivity contribution >= 4 is 6.29 Å². The number of carbonyl (C=O) groups excluding carboxylic acids is 1. The van der Waals surface area contributed by atoms with Crippen molar-refractivity contribution in [1.82, 2.24) is 0 Å². The van der Waals surface area contributed by atoms with Crippen LogP contribution < -0.4 is 0 Å². The second kappa shape index (κ2) is 15.3. The van der Waals surface area contributed by atoms with Gasteiger partial charge in [-0.2, -0.15) is 0 Å². The van der Waals surface area contributed by atoms with Crippen molar-refractivity contribution in [3.63, 3.8) is 0 Å². The van der Waals surface area contributed by atoms with Gasteiger partial charge in [0.1, 0.15) is 6.29 Å². The number of hydrogen-bond acceptors (Lipinski definition) is 1. The molecule has 1 nitrogen and oxygen atoms in total. The van der Waals surface area contributed by atoms with Crippen molar-refractivity contribution in [3.05, 3.63) is 24.3 Å². The first-order valence-corrected chi connectivity index (χ1v) is 6.65. The van der Waals surface area contributed by atoms with Gasteiger partial charge in [0.15, 0.2) is 0 Å². The number of allylic oxidation sites excluding steroid dienone is 4. The molecule has 0 aliphatic rings. The largest absolute Gasteiger partial charge is 0.299 e. The van der Waals surface area contributed by atoms with Crippen LogP contribution in [-0.4, -0.2) is 6.29 Å². The highest BCUT2D eigenvalue weighted by atomic mass is 16.1. The molecule has 0 amide bonds. The molecule has 0 spiro atoms. The molecule has 0 aliphatic heterocycles. The SMILES string of the molecule is CCCCCCC/C=C/CC#CC#C/C=C/C=O. The van der Waals surface area contributed by atoms with Gasteiger partial charge in [-0.25, -0.2) is 0 Å².